The van der Waals surface area contributed by atoms with E-state index in [0.717, 1.165) is 25.0 Å². The quantitative estimate of drug-likeness (QED) is 0.718. The van der Waals surface area contributed by atoms with Crippen LogP contribution in [0, 0.1) is 11.3 Å². The van der Waals surface area contributed by atoms with E-state index in [-0.39, 0.29) is 0 Å². The molecule has 0 unspecified atom stereocenters. The summed E-state index contributed by atoms with van der Waals surface area (Å²) < 4.78 is 2.02. The lowest BCUT2D eigenvalue weighted by molar-refractivity contribution is 0.425. The van der Waals surface area contributed by atoms with E-state index in [2.05, 4.69) is 25.0 Å². The maximum atomic E-state index is 8.45. The first-order valence-corrected chi connectivity index (χ1v) is 5.22. The zero-order valence-corrected chi connectivity index (χ0v) is 8.90. The Morgan fingerprint density at radius 1 is 1.50 bits per heavy atom. The van der Waals surface area contributed by atoms with Crippen LogP contribution in [0.15, 0.2) is 12.3 Å². The van der Waals surface area contributed by atoms with Gasteiger partial charge in [-0.05, 0) is 18.9 Å². The first-order chi connectivity index (χ1) is 6.81. The van der Waals surface area contributed by atoms with Gasteiger partial charge < -0.3 is 0 Å². The molecule has 0 saturated heterocycles. The number of rotatable bonds is 5. The molecule has 3 nitrogen and oxygen atoms in total. The minimum atomic E-state index is 0.505. The van der Waals surface area contributed by atoms with Crippen molar-refractivity contribution in [3.8, 4) is 6.07 Å². The number of hydrogen-bond acceptors (Lipinski definition) is 2. The highest BCUT2D eigenvalue weighted by atomic mass is 15.3. The van der Waals surface area contributed by atoms with Crippen LogP contribution in [0.5, 0.6) is 0 Å². The van der Waals surface area contributed by atoms with Crippen molar-refractivity contribution in [3.05, 3.63) is 18.0 Å². The lowest BCUT2D eigenvalue weighted by Crippen LogP contribution is -2.07. The maximum Gasteiger partial charge on any atom is 0.0634 e. The van der Waals surface area contributed by atoms with Crippen LogP contribution in [0.4, 0.5) is 0 Å². The van der Waals surface area contributed by atoms with Crippen LogP contribution in [0.25, 0.3) is 0 Å². The fourth-order valence-electron chi connectivity index (χ4n) is 1.56. The molecule has 14 heavy (non-hydrogen) atoms. The van der Waals surface area contributed by atoms with Gasteiger partial charge in [0.05, 0.1) is 17.8 Å². The molecule has 0 radical (unpaired) electrons. The minimum absolute atomic E-state index is 0.505. The lowest BCUT2D eigenvalue weighted by atomic mass is 10.2. The molecule has 0 aromatic carbocycles. The first-order valence-electron chi connectivity index (χ1n) is 5.22. The summed E-state index contributed by atoms with van der Waals surface area (Å²) >= 11 is 0. The Bertz CT molecular complexity index is 305. The van der Waals surface area contributed by atoms with E-state index in [4.69, 9.17) is 5.26 Å². The molecule has 0 N–H and O–H groups in total. The van der Waals surface area contributed by atoms with Crippen molar-refractivity contribution in [2.24, 2.45) is 0 Å². The Labute approximate surface area is 85.4 Å². The normalized spacial score (nSPS) is 10.4. The Hall–Kier alpha value is -1.30. The van der Waals surface area contributed by atoms with Crippen LogP contribution in [0.2, 0.25) is 0 Å². The van der Waals surface area contributed by atoms with Gasteiger partial charge in [-0.3, -0.25) is 4.68 Å². The predicted octanol–water partition coefficient (Wildman–Crippen LogP) is 2.70. The monoisotopic (exact) mass is 191 g/mol. The van der Waals surface area contributed by atoms with Crippen molar-refractivity contribution in [1.82, 2.24) is 9.78 Å². The molecular weight excluding hydrogens is 174 g/mol. The molecular formula is C11H17N3. The Morgan fingerprint density at radius 2 is 2.21 bits per heavy atom. The Morgan fingerprint density at radius 3 is 2.79 bits per heavy atom. The highest BCUT2D eigenvalue weighted by molar-refractivity contribution is 5.01. The average Bonchev–Trinajstić information content (AvgIpc) is 2.65. The Kier molecular flexibility index (Phi) is 4.18. The van der Waals surface area contributed by atoms with Crippen LogP contribution >= 0.6 is 0 Å². The molecule has 0 atom stereocenters. The van der Waals surface area contributed by atoms with Gasteiger partial charge in [-0.15, -0.1) is 0 Å². The third-order valence-corrected chi connectivity index (χ3v) is 2.47. The highest BCUT2D eigenvalue weighted by Gasteiger charge is 2.07. The van der Waals surface area contributed by atoms with Gasteiger partial charge >= 0.3 is 0 Å². The van der Waals surface area contributed by atoms with Crippen molar-refractivity contribution < 1.29 is 0 Å². The summed E-state index contributed by atoms with van der Waals surface area (Å²) in [5, 5.41) is 12.9. The van der Waals surface area contributed by atoms with E-state index in [9.17, 15) is 0 Å². The summed E-state index contributed by atoms with van der Waals surface area (Å²) in [6.07, 6.45) is 5.56. The summed E-state index contributed by atoms with van der Waals surface area (Å²) in [6, 6.07) is 4.65. The van der Waals surface area contributed by atoms with Gasteiger partial charge in [0.25, 0.3) is 0 Å². The fourth-order valence-corrected chi connectivity index (χ4v) is 1.56. The van der Waals surface area contributed by atoms with E-state index in [1.54, 1.807) is 0 Å². The SMILES string of the molecule is CCC(CC)n1ccc(CCC#N)n1. The largest absolute Gasteiger partial charge is 0.269 e. The Balaban J connectivity index is 2.62. The van der Waals surface area contributed by atoms with E-state index >= 15 is 0 Å². The van der Waals surface area contributed by atoms with Crippen LogP contribution in [0.3, 0.4) is 0 Å². The molecule has 1 aromatic heterocycles. The molecule has 0 aliphatic carbocycles. The molecule has 1 heterocycles. The van der Waals surface area contributed by atoms with Crippen molar-refractivity contribution in [2.45, 2.75) is 45.6 Å². The summed E-state index contributed by atoms with van der Waals surface area (Å²) in [4.78, 5) is 0. The zero-order valence-electron chi connectivity index (χ0n) is 8.90. The number of aromatic nitrogens is 2. The van der Waals surface area contributed by atoms with Gasteiger partial charge in [0, 0.05) is 19.0 Å². The molecule has 3 heteroatoms. The second-order valence-corrected chi connectivity index (χ2v) is 3.42. The van der Waals surface area contributed by atoms with Crippen molar-refractivity contribution in [3.63, 3.8) is 0 Å². The molecule has 0 bridgehead atoms. The van der Waals surface area contributed by atoms with Gasteiger partial charge in [-0.25, -0.2) is 0 Å². The van der Waals surface area contributed by atoms with E-state index < -0.39 is 0 Å². The number of nitrogens with zero attached hydrogens (tertiary/aromatic N) is 3. The standard InChI is InChI=1S/C11H17N3/c1-3-11(4-2)14-9-7-10(13-14)6-5-8-12/h7,9,11H,3-6H2,1-2H3. The number of nitriles is 1. The molecule has 0 spiro atoms. The smallest absolute Gasteiger partial charge is 0.0634 e. The average molecular weight is 191 g/mol. The van der Waals surface area contributed by atoms with Crippen LogP contribution in [-0.2, 0) is 6.42 Å². The van der Waals surface area contributed by atoms with Crippen molar-refractivity contribution in [1.29, 1.82) is 5.26 Å². The summed E-state index contributed by atoms with van der Waals surface area (Å²) in [5.74, 6) is 0. The first kappa shape index (κ1) is 10.8. The summed E-state index contributed by atoms with van der Waals surface area (Å²) in [6.45, 7) is 4.34. The van der Waals surface area contributed by atoms with Gasteiger partial charge in [0.2, 0.25) is 0 Å². The fraction of sp³-hybridized carbons (Fsp3) is 0.636. The molecule has 0 aliphatic rings. The van der Waals surface area contributed by atoms with Crippen LogP contribution in [0.1, 0.15) is 44.8 Å². The molecule has 0 saturated carbocycles. The molecule has 0 aliphatic heterocycles. The van der Waals surface area contributed by atoms with Gasteiger partial charge in [-0.2, -0.15) is 10.4 Å². The van der Waals surface area contributed by atoms with Crippen LogP contribution < -0.4 is 0 Å². The lowest BCUT2D eigenvalue weighted by Gasteiger charge is -2.12. The molecule has 1 rings (SSSR count). The minimum Gasteiger partial charge on any atom is -0.269 e. The third kappa shape index (κ3) is 2.59. The molecule has 76 valence electrons. The molecule has 1 aromatic rings. The van der Waals surface area contributed by atoms with E-state index in [1.807, 2.05) is 16.9 Å². The topological polar surface area (TPSA) is 41.6 Å². The third-order valence-electron chi connectivity index (χ3n) is 2.47. The number of aryl methyl sites for hydroxylation is 1. The second kappa shape index (κ2) is 5.43. The molecule has 0 fully saturated rings. The van der Waals surface area contributed by atoms with E-state index in [1.165, 1.54) is 0 Å². The van der Waals surface area contributed by atoms with Gasteiger partial charge in [-0.1, -0.05) is 13.8 Å². The zero-order chi connectivity index (χ0) is 10.4. The maximum absolute atomic E-state index is 8.45. The van der Waals surface area contributed by atoms with Crippen molar-refractivity contribution >= 4 is 0 Å². The van der Waals surface area contributed by atoms with E-state index in [0.29, 0.717) is 12.5 Å². The van der Waals surface area contributed by atoms with Crippen molar-refractivity contribution in [2.75, 3.05) is 0 Å². The van der Waals surface area contributed by atoms with Gasteiger partial charge in [0.1, 0.15) is 0 Å². The van der Waals surface area contributed by atoms with Crippen LogP contribution in [-0.4, -0.2) is 9.78 Å². The number of hydrogen-bond donors (Lipinski definition) is 0. The van der Waals surface area contributed by atoms with Gasteiger partial charge in [0.15, 0.2) is 0 Å². The highest BCUT2D eigenvalue weighted by Crippen LogP contribution is 2.14. The summed E-state index contributed by atoms with van der Waals surface area (Å²) in [5.41, 5.74) is 1.03. The second-order valence-electron chi connectivity index (χ2n) is 3.42. The molecule has 0 amide bonds. The predicted molar refractivity (Wildman–Crippen MR) is 55.8 cm³/mol. The summed E-state index contributed by atoms with van der Waals surface area (Å²) in [7, 11) is 0.